The fourth-order valence-corrected chi connectivity index (χ4v) is 4.13. The van der Waals surface area contributed by atoms with Crippen molar-refractivity contribution >= 4 is 34.5 Å². The van der Waals surface area contributed by atoms with E-state index in [9.17, 15) is 10.1 Å². The van der Waals surface area contributed by atoms with Crippen LogP contribution in [0, 0.1) is 11.3 Å². The maximum atomic E-state index is 13.4. The Balaban J connectivity index is 1.59. The number of hydrogen-bond donors (Lipinski definition) is 1. The molecule has 0 aliphatic heterocycles. The SMILES string of the molecule is COCCCc1ccc(Cl)c(CN(C(=O)/C(C#N)=C/c2cccc3[nH]ccc23)C2CC2)c1. The molecule has 0 spiro atoms. The van der Waals surface area contributed by atoms with Gasteiger partial charge >= 0.3 is 0 Å². The average Bonchev–Trinajstić information content (AvgIpc) is 3.52. The molecule has 1 aromatic heterocycles. The summed E-state index contributed by atoms with van der Waals surface area (Å²) in [6, 6.07) is 16.0. The number of amides is 1. The van der Waals surface area contributed by atoms with Gasteiger partial charge in [0.1, 0.15) is 11.6 Å². The van der Waals surface area contributed by atoms with Gasteiger partial charge in [0.15, 0.2) is 0 Å². The third-order valence-corrected chi connectivity index (χ3v) is 6.16. The van der Waals surface area contributed by atoms with Crippen molar-refractivity contribution < 1.29 is 9.53 Å². The molecule has 2 aromatic carbocycles. The molecule has 1 aliphatic carbocycles. The molecule has 0 radical (unpaired) electrons. The minimum absolute atomic E-state index is 0.137. The van der Waals surface area contributed by atoms with Crippen LogP contribution in [0.4, 0.5) is 0 Å². The van der Waals surface area contributed by atoms with Crippen LogP contribution in [-0.2, 0) is 22.5 Å². The Morgan fingerprint density at radius 1 is 1.31 bits per heavy atom. The number of hydrogen-bond acceptors (Lipinski definition) is 3. The highest BCUT2D eigenvalue weighted by Crippen LogP contribution is 2.32. The molecule has 4 rings (SSSR count). The predicted molar refractivity (Wildman–Crippen MR) is 127 cm³/mol. The molecule has 32 heavy (non-hydrogen) atoms. The van der Waals surface area contributed by atoms with Crippen molar-refractivity contribution in [3.05, 3.63) is 75.9 Å². The first kappa shape index (κ1) is 22.1. The normalized spacial score (nSPS) is 13.8. The molecule has 1 N–H and O–H groups in total. The van der Waals surface area contributed by atoms with Crippen molar-refractivity contribution in [3.8, 4) is 6.07 Å². The van der Waals surface area contributed by atoms with E-state index in [1.54, 1.807) is 18.1 Å². The number of aryl methyl sites for hydroxylation is 1. The standard InChI is InChI=1S/C26H26ClN3O2/c1-32-13-3-4-18-7-10-24(27)21(14-18)17-30(22-8-9-22)26(31)20(16-28)15-19-5-2-6-25-23(19)11-12-29-25/h2,5-7,10-12,14-15,22,29H,3-4,8-9,13,17H2,1H3/b20-15+. The van der Waals surface area contributed by atoms with Crippen molar-refractivity contribution in [2.75, 3.05) is 13.7 Å². The summed E-state index contributed by atoms with van der Waals surface area (Å²) in [6.45, 7) is 1.10. The Labute approximate surface area is 193 Å². The van der Waals surface area contributed by atoms with Gasteiger partial charge < -0.3 is 14.6 Å². The van der Waals surface area contributed by atoms with E-state index in [1.807, 2.05) is 42.6 Å². The van der Waals surface area contributed by atoms with Gasteiger partial charge in [-0.15, -0.1) is 0 Å². The molecule has 164 valence electrons. The summed E-state index contributed by atoms with van der Waals surface area (Å²) in [6.07, 6.45) is 7.25. The zero-order valence-corrected chi connectivity index (χ0v) is 18.9. The highest BCUT2D eigenvalue weighted by atomic mass is 35.5. The number of halogens is 1. The van der Waals surface area contributed by atoms with Crippen LogP contribution < -0.4 is 0 Å². The highest BCUT2D eigenvalue weighted by Gasteiger charge is 2.34. The van der Waals surface area contributed by atoms with Gasteiger partial charge in [0.25, 0.3) is 5.91 Å². The lowest BCUT2D eigenvalue weighted by Gasteiger charge is -2.23. The number of aromatic amines is 1. The van der Waals surface area contributed by atoms with Crippen LogP contribution >= 0.6 is 11.6 Å². The number of ether oxygens (including phenoxy) is 1. The molecule has 0 saturated heterocycles. The molecule has 3 aromatic rings. The Morgan fingerprint density at radius 2 is 2.16 bits per heavy atom. The Hall–Kier alpha value is -3.07. The number of H-pyrrole nitrogens is 1. The number of rotatable bonds is 9. The fraction of sp³-hybridized carbons (Fsp3) is 0.308. The summed E-state index contributed by atoms with van der Waals surface area (Å²) in [7, 11) is 1.70. The van der Waals surface area contributed by atoms with E-state index >= 15 is 0 Å². The van der Waals surface area contributed by atoms with Gasteiger partial charge in [-0.05, 0) is 66.6 Å². The summed E-state index contributed by atoms with van der Waals surface area (Å²) in [4.78, 5) is 18.4. The van der Waals surface area contributed by atoms with Crippen LogP contribution in [0.5, 0.6) is 0 Å². The fourth-order valence-electron chi connectivity index (χ4n) is 3.95. The molecular formula is C26H26ClN3O2. The molecular weight excluding hydrogens is 422 g/mol. The summed E-state index contributed by atoms with van der Waals surface area (Å²) in [5, 5.41) is 11.4. The van der Waals surface area contributed by atoms with Crippen LogP contribution in [0.25, 0.3) is 17.0 Å². The molecule has 6 heteroatoms. The van der Waals surface area contributed by atoms with E-state index in [2.05, 4.69) is 17.1 Å². The zero-order valence-electron chi connectivity index (χ0n) is 18.1. The summed E-state index contributed by atoms with van der Waals surface area (Å²) >= 11 is 6.48. The van der Waals surface area contributed by atoms with E-state index in [0.717, 1.165) is 47.7 Å². The molecule has 0 atom stereocenters. The maximum Gasteiger partial charge on any atom is 0.265 e. The molecule has 1 aliphatic rings. The lowest BCUT2D eigenvalue weighted by molar-refractivity contribution is -0.127. The van der Waals surface area contributed by atoms with Crippen molar-refractivity contribution in [2.24, 2.45) is 0 Å². The van der Waals surface area contributed by atoms with Crippen molar-refractivity contribution in [1.82, 2.24) is 9.88 Å². The quantitative estimate of drug-likeness (QED) is 0.267. The molecule has 1 fully saturated rings. The molecule has 1 heterocycles. The second-order valence-corrected chi connectivity index (χ2v) is 8.55. The zero-order chi connectivity index (χ0) is 22.5. The smallest absolute Gasteiger partial charge is 0.265 e. The number of nitrogens with zero attached hydrogens (tertiary/aromatic N) is 2. The monoisotopic (exact) mass is 447 g/mol. The minimum atomic E-state index is -0.247. The van der Waals surface area contributed by atoms with Gasteiger partial charge in [-0.25, -0.2) is 0 Å². The van der Waals surface area contributed by atoms with Crippen LogP contribution in [-0.4, -0.2) is 35.5 Å². The van der Waals surface area contributed by atoms with E-state index in [-0.39, 0.29) is 17.5 Å². The van der Waals surface area contributed by atoms with E-state index < -0.39 is 0 Å². The minimum Gasteiger partial charge on any atom is -0.385 e. The van der Waals surface area contributed by atoms with Gasteiger partial charge in [0.05, 0.1) is 0 Å². The second kappa shape index (κ2) is 10.0. The summed E-state index contributed by atoms with van der Waals surface area (Å²) in [5.41, 5.74) is 4.03. The Morgan fingerprint density at radius 3 is 2.91 bits per heavy atom. The van der Waals surface area contributed by atoms with Gasteiger partial charge in [-0.3, -0.25) is 4.79 Å². The van der Waals surface area contributed by atoms with Crippen LogP contribution in [0.1, 0.15) is 36.0 Å². The first-order chi connectivity index (χ1) is 15.6. The number of nitriles is 1. The van der Waals surface area contributed by atoms with Gasteiger partial charge in [0, 0.05) is 48.4 Å². The predicted octanol–water partition coefficient (Wildman–Crippen LogP) is 5.50. The van der Waals surface area contributed by atoms with Gasteiger partial charge in [-0.1, -0.05) is 35.9 Å². The molecule has 0 unspecified atom stereocenters. The van der Waals surface area contributed by atoms with E-state index in [0.29, 0.717) is 18.2 Å². The van der Waals surface area contributed by atoms with Crippen molar-refractivity contribution in [2.45, 2.75) is 38.3 Å². The van der Waals surface area contributed by atoms with E-state index in [1.165, 1.54) is 5.56 Å². The van der Waals surface area contributed by atoms with Crippen molar-refractivity contribution in [1.29, 1.82) is 5.26 Å². The average molecular weight is 448 g/mol. The molecule has 0 bridgehead atoms. The topological polar surface area (TPSA) is 69.1 Å². The summed E-state index contributed by atoms with van der Waals surface area (Å²) in [5.74, 6) is -0.247. The largest absolute Gasteiger partial charge is 0.385 e. The molecule has 1 amide bonds. The maximum absolute atomic E-state index is 13.4. The first-order valence-electron chi connectivity index (χ1n) is 10.9. The molecule has 5 nitrogen and oxygen atoms in total. The van der Waals surface area contributed by atoms with Crippen LogP contribution in [0.2, 0.25) is 5.02 Å². The summed E-state index contributed by atoms with van der Waals surface area (Å²) < 4.78 is 5.14. The third-order valence-electron chi connectivity index (χ3n) is 5.79. The second-order valence-electron chi connectivity index (χ2n) is 8.14. The number of carbonyl (C=O) groups excluding carboxylic acids is 1. The first-order valence-corrected chi connectivity index (χ1v) is 11.2. The highest BCUT2D eigenvalue weighted by molar-refractivity contribution is 6.31. The Bertz CT molecular complexity index is 1190. The van der Waals surface area contributed by atoms with Crippen LogP contribution in [0.3, 0.4) is 0 Å². The Kier molecular flexibility index (Phi) is 6.94. The van der Waals surface area contributed by atoms with Crippen LogP contribution in [0.15, 0.2) is 54.2 Å². The number of nitrogens with one attached hydrogen (secondary N) is 1. The van der Waals surface area contributed by atoms with Gasteiger partial charge in [-0.2, -0.15) is 5.26 Å². The number of fused-ring (bicyclic) bond motifs is 1. The van der Waals surface area contributed by atoms with Crippen molar-refractivity contribution in [3.63, 3.8) is 0 Å². The lowest BCUT2D eigenvalue weighted by atomic mass is 10.0. The number of methoxy groups -OCH3 is 1. The third kappa shape index (κ3) is 5.04. The number of benzene rings is 2. The van der Waals surface area contributed by atoms with Gasteiger partial charge in [0.2, 0.25) is 0 Å². The molecule has 1 saturated carbocycles. The number of aromatic nitrogens is 1. The number of carbonyl (C=O) groups is 1. The van der Waals surface area contributed by atoms with E-state index in [4.69, 9.17) is 16.3 Å². The lowest BCUT2D eigenvalue weighted by Crippen LogP contribution is -2.33.